The van der Waals surface area contributed by atoms with Crippen molar-refractivity contribution in [1.82, 2.24) is 10.6 Å². The molecule has 0 bridgehead atoms. The summed E-state index contributed by atoms with van der Waals surface area (Å²) in [6.07, 6.45) is -1.19. The molecule has 0 aliphatic carbocycles. The number of amides is 3. The van der Waals surface area contributed by atoms with Crippen LogP contribution in [-0.4, -0.2) is 53.3 Å². The van der Waals surface area contributed by atoms with Crippen LogP contribution in [0.5, 0.6) is 5.75 Å². The number of Topliss-reactive ketones (excluding diaryl/α,β-unsaturated/α-hetero) is 1. The third kappa shape index (κ3) is 8.25. The molecule has 0 saturated heterocycles. The van der Waals surface area contributed by atoms with Crippen molar-refractivity contribution in [3.8, 4) is 5.75 Å². The molecule has 38 heavy (non-hydrogen) atoms. The van der Waals surface area contributed by atoms with Crippen molar-refractivity contribution in [2.45, 2.75) is 31.8 Å². The van der Waals surface area contributed by atoms with Crippen LogP contribution in [0.15, 0.2) is 30.3 Å². The van der Waals surface area contributed by atoms with Gasteiger partial charge in [-0.2, -0.15) is 8.78 Å². The second-order valence-corrected chi connectivity index (χ2v) is 7.70. The van der Waals surface area contributed by atoms with Gasteiger partial charge in [0.1, 0.15) is 18.5 Å². The van der Waals surface area contributed by atoms with E-state index in [1.807, 2.05) is 5.32 Å². The van der Waals surface area contributed by atoms with Crippen LogP contribution >= 0.6 is 0 Å². The third-order valence-corrected chi connectivity index (χ3v) is 4.83. The van der Waals surface area contributed by atoms with Crippen LogP contribution in [0, 0.1) is 29.1 Å². The number of nitrogens with one attached hydrogen (secondary N) is 3. The molecule has 15 heteroatoms. The molecule has 204 valence electrons. The number of halogens is 5. The lowest BCUT2D eigenvalue weighted by molar-refractivity contribution is -0.139. The molecular formula is C23H20F5N3O7. The normalized spacial score (nSPS) is 12.2. The van der Waals surface area contributed by atoms with Crippen molar-refractivity contribution in [1.29, 1.82) is 0 Å². The minimum atomic E-state index is -1.92. The van der Waals surface area contributed by atoms with Gasteiger partial charge in [0.25, 0.3) is 0 Å². The smallest absolute Gasteiger partial charge is 0.313 e. The number of carboxylic acids is 1. The topological polar surface area (TPSA) is 151 Å². The minimum Gasteiger partial charge on any atom is -0.481 e. The van der Waals surface area contributed by atoms with Gasteiger partial charge in [0.15, 0.2) is 23.2 Å². The van der Waals surface area contributed by atoms with Crippen molar-refractivity contribution in [2.75, 3.05) is 11.9 Å². The maximum Gasteiger partial charge on any atom is 0.313 e. The van der Waals surface area contributed by atoms with Crippen LogP contribution in [0.2, 0.25) is 0 Å². The van der Waals surface area contributed by atoms with Gasteiger partial charge in [-0.05, 0) is 37.6 Å². The average molecular weight is 545 g/mol. The Bertz CT molecular complexity index is 1210. The Balaban J connectivity index is 2.03. The molecule has 10 nitrogen and oxygen atoms in total. The van der Waals surface area contributed by atoms with Crippen LogP contribution in [0.4, 0.5) is 27.6 Å². The summed E-state index contributed by atoms with van der Waals surface area (Å²) in [5.41, 5.74) is 0.0778. The zero-order chi connectivity index (χ0) is 28.6. The van der Waals surface area contributed by atoms with E-state index in [4.69, 9.17) is 5.11 Å². The lowest BCUT2D eigenvalue weighted by Crippen LogP contribution is -2.52. The predicted octanol–water partition coefficient (Wildman–Crippen LogP) is 1.82. The van der Waals surface area contributed by atoms with Gasteiger partial charge in [-0.1, -0.05) is 0 Å². The molecule has 0 radical (unpaired) electrons. The molecule has 0 fully saturated rings. The van der Waals surface area contributed by atoms with Gasteiger partial charge < -0.3 is 25.8 Å². The first kappa shape index (κ1) is 29.7. The molecule has 0 spiro atoms. The van der Waals surface area contributed by atoms with E-state index in [0.717, 1.165) is 19.1 Å². The van der Waals surface area contributed by atoms with Gasteiger partial charge in [0, 0.05) is 18.2 Å². The monoisotopic (exact) mass is 545 g/mol. The first-order valence-corrected chi connectivity index (χ1v) is 10.7. The zero-order valence-corrected chi connectivity index (χ0v) is 19.4. The molecule has 4 N–H and O–H groups in total. The van der Waals surface area contributed by atoms with Gasteiger partial charge >= 0.3 is 17.8 Å². The largest absolute Gasteiger partial charge is 0.481 e. The summed E-state index contributed by atoms with van der Waals surface area (Å²) in [6.45, 7) is -0.101. The van der Waals surface area contributed by atoms with Gasteiger partial charge in [-0.3, -0.25) is 24.0 Å². The Morgan fingerprint density at radius 1 is 0.895 bits per heavy atom. The molecule has 0 saturated carbocycles. The summed E-state index contributed by atoms with van der Waals surface area (Å²) in [6, 6.07) is 1.24. The molecule has 0 aliphatic heterocycles. The van der Waals surface area contributed by atoms with Gasteiger partial charge in [-0.25, -0.2) is 13.2 Å². The molecule has 0 aromatic heterocycles. The van der Waals surface area contributed by atoms with Gasteiger partial charge in [0.2, 0.25) is 17.5 Å². The first-order valence-electron chi connectivity index (χ1n) is 10.7. The number of benzene rings is 2. The maximum atomic E-state index is 13.8. The van der Waals surface area contributed by atoms with E-state index in [1.54, 1.807) is 0 Å². The molecule has 0 heterocycles. The number of carboxylic acid groups (broad SMARTS) is 1. The second-order valence-electron chi connectivity index (χ2n) is 7.70. The molecule has 2 aromatic rings. The number of aliphatic carboxylic acids is 1. The predicted molar refractivity (Wildman–Crippen MR) is 118 cm³/mol. The highest BCUT2D eigenvalue weighted by molar-refractivity contribution is 6.40. The van der Waals surface area contributed by atoms with Crippen molar-refractivity contribution < 1.29 is 55.8 Å². The summed E-state index contributed by atoms with van der Waals surface area (Å²) < 4.78 is 71.7. The maximum absolute atomic E-state index is 13.8. The first-order chi connectivity index (χ1) is 17.8. The van der Waals surface area contributed by atoms with E-state index in [2.05, 4.69) is 15.4 Å². The number of anilines is 1. The molecular weight excluding hydrogens is 525 g/mol. The molecule has 2 unspecified atom stereocenters. The second kappa shape index (κ2) is 13.1. The van der Waals surface area contributed by atoms with Crippen molar-refractivity contribution >= 4 is 35.2 Å². The average Bonchev–Trinajstić information content (AvgIpc) is 2.86. The standard InChI is InChI=1S/C23H20F5N3O7/c1-10(29-22(36)23(37)30-12-4-2-11(24)3-5-12)21(35)31-15(6-7-17(33)34)16(32)9-38-20-18(27)13(25)8-14(26)19(20)28/h2-5,8,10,15H,6-7,9H2,1H3,(H,29,36)(H,30,37)(H,31,35)(H,33,34). The summed E-state index contributed by atoms with van der Waals surface area (Å²) in [5.74, 6) is -15.6. The number of rotatable bonds is 11. The number of ether oxygens (including phenoxy) is 1. The Hall–Kier alpha value is -4.56. The molecule has 0 aliphatic rings. The molecule has 2 aromatic carbocycles. The van der Waals surface area contributed by atoms with E-state index < -0.39 is 95.8 Å². The summed E-state index contributed by atoms with van der Waals surface area (Å²) >= 11 is 0. The Kier molecular flexibility index (Phi) is 10.2. The SMILES string of the molecule is CC(NC(=O)C(=O)Nc1ccc(F)cc1)C(=O)NC(CCC(=O)O)C(=O)COc1c(F)c(F)cc(F)c1F. The van der Waals surface area contributed by atoms with Crippen molar-refractivity contribution in [3.05, 3.63) is 59.4 Å². The lowest BCUT2D eigenvalue weighted by atomic mass is 10.1. The van der Waals surface area contributed by atoms with Crippen LogP contribution in [0.25, 0.3) is 0 Å². The minimum absolute atomic E-state index is 0.0778. The Labute approximate surface area is 211 Å². The van der Waals surface area contributed by atoms with Gasteiger partial charge in [-0.15, -0.1) is 0 Å². The molecule has 3 amide bonds. The molecule has 2 rings (SSSR count). The highest BCUT2D eigenvalue weighted by Crippen LogP contribution is 2.26. The van der Waals surface area contributed by atoms with Crippen molar-refractivity contribution in [2.24, 2.45) is 0 Å². The fourth-order valence-corrected chi connectivity index (χ4v) is 2.85. The van der Waals surface area contributed by atoms with Gasteiger partial charge in [0.05, 0.1) is 6.04 Å². The Morgan fingerprint density at radius 2 is 1.47 bits per heavy atom. The molecule has 2 atom stereocenters. The number of carbonyl (C=O) groups excluding carboxylic acids is 4. The van der Waals surface area contributed by atoms with Crippen molar-refractivity contribution in [3.63, 3.8) is 0 Å². The summed E-state index contributed by atoms with van der Waals surface area (Å²) in [7, 11) is 0. The van der Waals surface area contributed by atoms with E-state index in [-0.39, 0.29) is 11.8 Å². The third-order valence-electron chi connectivity index (χ3n) is 4.83. The number of ketones is 1. The van der Waals surface area contributed by atoms with Crippen LogP contribution in [-0.2, 0) is 24.0 Å². The van der Waals surface area contributed by atoms with Crippen LogP contribution in [0.1, 0.15) is 19.8 Å². The fraction of sp³-hybridized carbons (Fsp3) is 0.261. The van der Waals surface area contributed by atoms with Crippen LogP contribution < -0.4 is 20.7 Å². The highest BCUT2D eigenvalue weighted by atomic mass is 19.2. The van der Waals surface area contributed by atoms with E-state index >= 15 is 0 Å². The van der Waals surface area contributed by atoms with E-state index in [9.17, 15) is 45.9 Å². The quantitative estimate of drug-likeness (QED) is 0.191. The van der Waals surface area contributed by atoms with E-state index in [0.29, 0.717) is 0 Å². The number of hydrogen-bond acceptors (Lipinski definition) is 6. The summed E-state index contributed by atoms with van der Waals surface area (Å²) in [4.78, 5) is 59.9. The zero-order valence-electron chi connectivity index (χ0n) is 19.4. The Morgan fingerprint density at radius 3 is 2.03 bits per heavy atom. The summed E-state index contributed by atoms with van der Waals surface area (Å²) in [5, 5.41) is 15.2. The number of hydrogen-bond donors (Lipinski definition) is 4. The fourth-order valence-electron chi connectivity index (χ4n) is 2.85. The van der Waals surface area contributed by atoms with E-state index in [1.165, 1.54) is 12.1 Å². The highest BCUT2D eigenvalue weighted by Gasteiger charge is 2.28. The lowest BCUT2D eigenvalue weighted by Gasteiger charge is -2.20. The van der Waals surface area contributed by atoms with Crippen LogP contribution in [0.3, 0.4) is 0 Å². The number of carbonyl (C=O) groups is 5.